The van der Waals surface area contributed by atoms with Crippen LogP contribution in [0.1, 0.15) is 46.9 Å². The molecule has 156 valence electrons. The zero-order chi connectivity index (χ0) is 21.4. The van der Waals surface area contributed by atoms with Gasteiger partial charge in [-0.15, -0.1) is 0 Å². The van der Waals surface area contributed by atoms with E-state index in [2.05, 4.69) is 5.32 Å². The summed E-state index contributed by atoms with van der Waals surface area (Å²) in [6, 6.07) is 13.6. The SMILES string of the molecule is CCNC=O.Cc1ccc(C2Cc3ccccc3C(=O)N2CC(C)CO)c(Cl)c1. The van der Waals surface area contributed by atoms with Gasteiger partial charge in [0.1, 0.15) is 0 Å². The van der Waals surface area contributed by atoms with E-state index in [4.69, 9.17) is 11.6 Å². The molecule has 1 aliphatic rings. The Morgan fingerprint density at radius 2 is 2.03 bits per heavy atom. The van der Waals surface area contributed by atoms with E-state index < -0.39 is 0 Å². The Balaban J connectivity index is 0.000000537. The van der Waals surface area contributed by atoms with Crippen LogP contribution in [0.2, 0.25) is 5.02 Å². The molecule has 0 saturated heterocycles. The summed E-state index contributed by atoms with van der Waals surface area (Å²) in [6.45, 7) is 7.11. The van der Waals surface area contributed by atoms with Crippen molar-refractivity contribution in [2.24, 2.45) is 5.92 Å². The molecule has 2 aromatic rings. The van der Waals surface area contributed by atoms with Crippen LogP contribution in [-0.4, -0.2) is 42.0 Å². The number of rotatable bonds is 6. The number of fused-ring (bicyclic) bond motifs is 1. The molecule has 3 rings (SSSR count). The topological polar surface area (TPSA) is 69.6 Å². The van der Waals surface area contributed by atoms with E-state index in [1.54, 1.807) is 0 Å². The molecule has 2 unspecified atom stereocenters. The number of carbonyl (C=O) groups excluding carboxylic acids is 2. The summed E-state index contributed by atoms with van der Waals surface area (Å²) in [7, 11) is 0. The molecule has 0 saturated carbocycles. The molecule has 0 aromatic heterocycles. The third kappa shape index (κ3) is 5.81. The fourth-order valence-electron chi connectivity index (χ4n) is 3.39. The van der Waals surface area contributed by atoms with Crippen LogP contribution in [0.25, 0.3) is 0 Å². The van der Waals surface area contributed by atoms with Crippen molar-refractivity contribution < 1.29 is 14.7 Å². The van der Waals surface area contributed by atoms with E-state index in [-0.39, 0.29) is 24.5 Å². The number of amides is 2. The molecule has 0 bridgehead atoms. The third-order valence-corrected chi connectivity index (χ3v) is 5.25. The van der Waals surface area contributed by atoms with Crippen molar-refractivity contribution in [2.75, 3.05) is 19.7 Å². The Bertz CT molecular complexity index is 841. The van der Waals surface area contributed by atoms with Gasteiger partial charge in [-0.05, 0) is 55.0 Å². The lowest BCUT2D eigenvalue weighted by Crippen LogP contribution is -2.43. The van der Waals surface area contributed by atoms with E-state index in [9.17, 15) is 14.7 Å². The summed E-state index contributed by atoms with van der Waals surface area (Å²) >= 11 is 6.49. The lowest BCUT2D eigenvalue weighted by Gasteiger charge is -2.38. The highest BCUT2D eigenvalue weighted by Gasteiger charge is 2.34. The number of aliphatic hydroxyl groups excluding tert-OH is 1. The first kappa shape index (κ1) is 22.9. The quantitative estimate of drug-likeness (QED) is 0.704. The van der Waals surface area contributed by atoms with Gasteiger partial charge < -0.3 is 15.3 Å². The Labute approximate surface area is 177 Å². The van der Waals surface area contributed by atoms with Crippen LogP contribution >= 0.6 is 11.6 Å². The number of benzene rings is 2. The number of carbonyl (C=O) groups is 2. The van der Waals surface area contributed by atoms with Crippen LogP contribution in [0.3, 0.4) is 0 Å². The van der Waals surface area contributed by atoms with Crippen molar-refractivity contribution in [3.63, 3.8) is 0 Å². The molecule has 1 heterocycles. The van der Waals surface area contributed by atoms with Crippen LogP contribution < -0.4 is 5.32 Å². The zero-order valence-electron chi connectivity index (χ0n) is 17.2. The highest BCUT2D eigenvalue weighted by atomic mass is 35.5. The molecular formula is C23H29ClN2O3. The molecule has 5 nitrogen and oxygen atoms in total. The van der Waals surface area contributed by atoms with Gasteiger partial charge in [0, 0.05) is 30.3 Å². The Morgan fingerprint density at radius 1 is 1.31 bits per heavy atom. The van der Waals surface area contributed by atoms with E-state index in [0.29, 0.717) is 18.0 Å². The van der Waals surface area contributed by atoms with E-state index in [0.717, 1.165) is 35.2 Å². The van der Waals surface area contributed by atoms with Crippen molar-refractivity contribution in [3.05, 3.63) is 69.7 Å². The summed E-state index contributed by atoms with van der Waals surface area (Å²) < 4.78 is 0. The van der Waals surface area contributed by atoms with E-state index in [1.165, 1.54) is 0 Å². The molecule has 2 N–H and O–H groups in total. The third-order valence-electron chi connectivity index (χ3n) is 4.92. The van der Waals surface area contributed by atoms with Crippen molar-refractivity contribution in [1.82, 2.24) is 10.2 Å². The molecular weight excluding hydrogens is 388 g/mol. The van der Waals surface area contributed by atoms with Gasteiger partial charge in [-0.2, -0.15) is 0 Å². The normalized spacial score (nSPS) is 16.4. The first-order valence-electron chi connectivity index (χ1n) is 9.85. The highest BCUT2D eigenvalue weighted by Crippen LogP contribution is 2.37. The van der Waals surface area contributed by atoms with Crippen LogP contribution in [0.4, 0.5) is 0 Å². The van der Waals surface area contributed by atoms with Crippen molar-refractivity contribution >= 4 is 23.9 Å². The van der Waals surface area contributed by atoms with Gasteiger partial charge in [-0.3, -0.25) is 9.59 Å². The zero-order valence-corrected chi connectivity index (χ0v) is 17.9. The maximum atomic E-state index is 13.0. The number of halogens is 1. The summed E-state index contributed by atoms with van der Waals surface area (Å²) in [5.74, 6) is 0.0322. The van der Waals surface area contributed by atoms with Crippen molar-refractivity contribution in [1.29, 1.82) is 0 Å². The second kappa shape index (κ2) is 11.0. The van der Waals surface area contributed by atoms with Crippen LogP contribution in [0.5, 0.6) is 0 Å². The number of aryl methyl sites for hydroxylation is 1. The molecule has 0 aliphatic carbocycles. The molecule has 6 heteroatoms. The van der Waals surface area contributed by atoms with Gasteiger partial charge in [0.15, 0.2) is 0 Å². The second-order valence-corrected chi connectivity index (χ2v) is 7.73. The average molecular weight is 417 g/mol. The summed E-state index contributed by atoms with van der Waals surface area (Å²) in [6.07, 6.45) is 1.42. The molecule has 0 fully saturated rings. The lowest BCUT2D eigenvalue weighted by atomic mass is 9.88. The number of aliphatic hydroxyl groups is 1. The van der Waals surface area contributed by atoms with Crippen LogP contribution in [0.15, 0.2) is 42.5 Å². The largest absolute Gasteiger partial charge is 0.396 e. The Kier molecular flexibility index (Phi) is 8.68. The molecule has 1 aliphatic heterocycles. The van der Waals surface area contributed by atoms with Gasteiger partial charge in [0.05, 0.1) is 6.04 Å². The standard InChI is InChI=1S/C20H22ClNO2.C3H7NO/c1-13-7-8-17(18(21)9-13)19-10-15-5-3-4-6-16(15)20(24)22(19)11-14(2)12-23;1-2-4-3-5/h3-9,14,19,23H,10-12H2,1-2H3;3H,2H2,1H3,(H,4,5). The summed E-state index contributed by atoms with van der Waals surface area (Å²) in [5.41, 5.74) is 3.87. The van der Waals surface area contributed by atoms with E-state index >= 15 is 0 Å². The number of nitrogens with one attached hydrogen (secondary N) is 1. The fraction of sp³-hybridized carbons (Fsp3) is 0.391. The van der Waals surface area contributed by atoms with E-state index in [1.807, 2.05) is 68.1 Å². The average Bonchev–Trinajstić information content (AvgIpc) is 2.71. The smallest absolute Gasteiger partial charge is 0.254 e. The molecule has 2 aromatic carbocycles. The maximum absolute atomic E-state index is 13.0. The van der Waals surface area contributed by atoms with Gasteiger partial charge in [-0.1, -0.05) is 48.9 Å². The van der Waals surface area contributed by atoms with Gasteiger partial charge >= 0.3 is 0 Å². The number of nitrogens with zero attached hydrogens (tertiary/aromatic N) is 1. The first-order valence-corrected chi connectivity index (χ1v) is 10.2. The van der Waals surface area contributed by atoms with Gasteiger partial charge in [0.2, 0.25) is 6.41 Å². The molecule has 0 spiro atoms. The lowest BCUT2D eigenvalue weighted by molar-refractivity contribution is -0.109. The minimum absolute atomic E-state index is 0.0128. The fourth-order valence-corrected chi connectivity index (χ4v) is 3.75. The highest BCUT2D eigenvalue weighted by molar-refractivity contribution is 6.31. The molecule has 2 atom stereocenters. The molecule has 29 heavy (non-hydrogen) atoms. The number of hydrogen-bond acceptors (Lipinski definition) is 3. The van der Waals surface area contributed by atoms with Gasteiger partial charge in [-0.25, -0.2) is 0 Å². The monoisotopic (exact) mass is 416 g/mol. The van der Waals surface area contributed by atoms with Crippen molar-refractivity contribution in [2.45, 2.75) is 33.2 Å². The Hall–Kier alpha value is -2.37. The predicted octanol–water partition coefficient (Wildman–Crippen LogP) is 3.77. The van der Waals surface area contributed by atoms with Crippen LogP contribution in [-0.2, 0) is 11.2 Å². The second-order valence-electron chi connectivity index (χ2n) is 7.32. The Morgan fingerprint density at radius 3 is 2.62 bits per heavy atom. The van der Waals surface area contributed by atoms with Crippen molar-refractivity contribution in [3.8, 4) is 0 Å². The minimum Gasteiger partial charge on any atom is -0.396 e. The molecule has 2 amide bonds. The summed E-state index contributed by atoms with van der Waals surface area (Å²) in [5, 5.41) is 12.6. The van der Waals surface area contributed by atoms with Gasteiger partial charge in [0.25, 0.3) is 5.91 Å². The summed E-state index contributed by atoms with van der Waals surface area (Å²) in [4.78, 5) is 24.2. The predicted molar refractivity (Wildman–Crippen MR) is 116 cm³/mol. The molecule has 0 radical (unpaired) electrons. The van der Waals surface area contributed by atoms with Crippen LogP contribution in [0, 0.1) is 12.8 Å². The maximum Gasteiger partial charge on any atom is 0.254 e. The minimum atomic E-state index is -0.102. The first-order chi connectivity index (χ1) is 13.9. The number of hydrogen-bond donors (Lipinski definition) is 2.